The summed E-state index contributed by atoms with van der Waals surface area (Å²) in [5.74, 6) is 0. The number of ether oxygens (including phenoxy) is 1. The fourth-order valence-electron chi connectivity index (χ4n) is 1.88. The van der Waals surface area contributed by atoms with Gasteiger partial charge in [0.05, 0.1) is 40.8 Å². The minimum atomic E-state index is -0.505. The van der Waals surface area contributed by atoms with E-state index in [9.17, 15) is 4.79 Å². The van der Waals surface area contributed by atoms with Crippen molar-refractivity contribution in [3.63, 3.8) is 0 Å². The SMILES string of the molecule is C=C(C)COCCNc1ccc(-n2ncc(Cl)c(Cl)c2=O)cc1Cl. The number of nitrogens with one attached hydrogen (secondary N) is 1. The van der Waals surface area contributed by atoms with E-state index in [-0.39, 0.29) is 10.0 Å². The van der Waals surface area contributed by atoms with Crippen molar-refractivity contribution in [1.82, 2.24) is 9.78 Å². The molecule has 0 spiro atoms. The van der Waals surface area contributed by atoms with Gasteiger partial charge >= 0.3 is 0 Å². The van der Waals surface area contributed by atoms with Crippen molar-refractivity contribution in [3.05, 3.63) is 62.0 Å². The van der Waals surface area contributed by atoms with Crippen LogP contribution in [0.3, 0.4) is 0 Å². The molecule has 5 nitrogen and oxygen atoms in total. The number of benzene rings is 1. The smallest absolute Gasteiger partial charge is 0.291 e. The molecule has 24 heavy (non-hydrogen) atoms. The quantitative estimate of drug-likeness (QED) is 0.570. The maximum atomic E-state index is 12.1. The Balaban J connectivity index is 2.09. The lowest BCUT2D eigenvalue weighted by atomic mass is 10.2. The van der Waals surface area contributed by atoms with Crippen molar-refractivity contribution < 1.29 is 4.74 Å². The van der Waals surface area contributed by atoms with Gasteiger partial charge in [0.2, 0.25) is 0 Å². The van der Waals surface area contributed by atoms with Crippen molar-refractivity contribution in [3.8, 4) is 5.69 Å². The van der Waals surface area contributed by atoms with Crippen LogP contribution in [0.2, 0.25) is 15.1 Å². The Morgan fingerprint density at radius 1 is 1.33 bits per heavy atom. The molecule has 0 amide bonds. The first-order valence-electron chi connectivity index (χ1n) is 7.09. The number of aromatic nitrogens is 2. The van der Waals surface area contributed by atoms with Crippen LogP contribution in [-0.4, -0.2) is 29.5 Å². The Morgan fingerprint density at radius 3 is 2.75 bits per heavy atom. The van der Waals surface area contributed by atoms with E-state index < -0.39 is 5.56 Å². The molecule has 2 rings (SSSR count). The molecule has 1 heterocycles. The average Bonchev–Trinajstić information content (AvgIpc) is 2.53. The molecule has 2 aromatic rings. The first-order valence-corrected chi connectivity index (χ1v) is 8.23. The molecule has 0 saturated heterocycles. The lowest BCUT2D eigenvalue weighted by Crippen LogP contribution is -2.21. The van der Waals surface area contributed by atoms with Gasteiger partial charge in [-0.2, -0.15) is 9.78 Å². The van der Waals surface area contributed by atoms with Gasteiger partial charge in [0, 0.05) is 6.54 Å². The summed E-state index contributed by atoms with van der Waals surface area (Å²) in [7, 11) is 0. The molecule has 0 aliphatic carbocycles. The highest BCUT2D eigenvalue weighted by Crippen LogP contribution is 2.24. The average molecular weight is 389 g/mol. The second-order valence-corrected chi connectivity index (χ2v) is 6.32. The Morgan fingerprint density at radius 2 is 2.08 bits per heavy atom. The summed E-state index contributed by atoms with van der Waals surface area (Å²) >= 11 is 17.9. The highest BCUT2D eigenvalue weighted by molar-refractivity contribution is 6.41. The standard InChI is InChI=1S/C16H16Cl3N3O2/c1-10(2)9-24-6-5-20-14-4-3-11(7-12(14)17)22-16(23)15(19)13(18)8-21-22/h3-4,7-8,20H,1,5-6,9H2,2H3. The molecule has 1 N–H and O–H groups in total. The van der Waals surface area contributed by atoms with Crippen molar-refractivity contribution in [2.75, 3.05) is 25.1 Å². The first kappa shape index (κ1) is 18.8. The van der Waals surface area contributed by atoms with Crippen molar-refractivity contribution in [2.45, 2.75) is 6.92 Å². The zero-order valence-corrected chi connectivity index (χ0v) is 15.3. The predicted octanol–water partition coefficient (Wildman–Crippen LogP) is 4.20. The van der Waals surface area contributed by atoms with Gasteiger partial charge in [-0.15, -0.1) is 0 Å². The summed E-state index contributed by atoms with van der Waals surface area (Å²) in [6.07, 6.45) is 1.31. The van der Waals surface area contributed by atoms with E-state index in [1.807, 2.05) is 6.92 Å². The molecule has 128 valence electrons. The monoisotopic (exact) mass is 387 g/mol. The van der Waals surface area contributed by atoms with Gasteiger partial charge in [0.15, 0.2) is 0 Å². The predicted molar refractivity (Wildman–Crippen MR) is 99.0 cm³/mol. The third-order valence-electron chi connectivity index (χ3n) is 2.98. The Hall–Kier alpha value is -1.53. The number of rotatable bonds is 7. The highest BCUT2D eigenvalue weighted by Gasteiger charge is 2.10. The summed E-state index contributed by atoms with van der Waals surface area (Å²) < 4.78 is 6.54. The second kappa shape index (κ2) is 8.53. The number of anilines is 1. The van der Waals surface area contributed by atoms with Crippen LogP contribution in [0.4, 0.5) is 5.69 Å². The minimum Gasteiger partial charge on any atom is -0.382 e. The molecule has 0 aliphatic rings. The molecule has 0 aliphatic heterocycles. The van der Waals surface area contributed by atoms with Crippen LogP contribution in [0, 0.1) is 0 Å². The summed E-state index contributed by atoms with van der Waals surface area (Å²) in [5, 5.41) is 7.60. The van der Waals surface area contributed by atoms with Gasteiger partial charge < -0.3 is 10.1 Å². The van der Waals surface area contributed by atoms with E-state index >= 15 is 0 Å². The van der Waals surface area contributed by atoms with Gasteiger partial charge in [0.25, 0.3) is 5.56 Å². The van der Waals surface area contributed by atoms with Crippen LogP contribution >= 0.6 is 34.8 Å². The van der Waals surface area contributed by atoms with Gasteiger partial charge in [-0.05, 0) is 25.1 Å². The Bertz CT molecular complexity index is 806. The first-order chi connectivity index (χ1) is 11.4. The van der Waals surface area contributed by atoms with Gasteiger partial charge in [-0.25, -0.2) is 0 Å². The zero-order valence-electron chi connectivity index (χ0n) is 13.0. The molecule has 8 heteroatoms. The normalized spacial score (nSPS) is 10.7. The van der Waals surface area contributed by atoms with Crippen molar-refractivity contribution in [1.29, 1.82) is 0 Å². The molecular weight excluding hydrogens is 373 g/mol. The van der Waals surface area contributed by atoms with Crippen LogP contribution in [0.15, 0.2) is 41.3 Å². The van der Waals surface area contributed by atoms with E-state index in [0.29, 0.717) is 30.5 Å². The van der Waals surface area contributed by atoms with Crippen molar-refractivity contribution >= 4 is 40.5 Å². The van der Waals surface area contributed by atoms with E-state index in [1.54, 1.807) is 18.2 Å². The lowest BCUT2D eigenvalue weighted by molar-refractivity contribution is 0.167. The summed E-state index contributed by atoms with van der Waals surface area (Å²) in [5.41, 5.74) is 1.69. The fourth-order valence-corrected chi connectivity index (χ4v) is 2.37. The maximum Gasteiger partial charge on any atom is 0.291 e. The van der Waals surface area contributed by atoms with Crippen LogP contribution in [0.25, 0.3) is 5.69 Å². The zero-order chi connectivity index (χ0) is 17.7. The second-order valence-electron chi connectivity index (χ2n) is 5.12. The maximum absolute atomic E-state index is 12.1. The lowest BCUT2D eigenvalue weighted by Gasteiger charge is -2.11. The van der Waals surface area contributed by atoms with E-state index in [4.69, 9.17) is 39.5 Å². The van der Waals surface area contributed by atoms with Crippen LogP contribution < -0.4 is 10.9 Å². The molecule has 0 saturated carbocycles. The molecule has 0 radical (unpaired) electrons. The van der Waals surface area contributed by atoms with Crippen LogP contribution in [0.5, 0.6) is 0 Å². The van der Waals surface area contributed by atoms with Crippen LogP contribution in [-0.2, 0) is 4.74 Å². The van der Waals surface area contributed by atoms with Crippen LogP contribution in [0.1, 0.15) is 6.92 Å². The summed E-state index contributed by atoms with van der Waals surface area (Å²) in [6.45, 7) is 7.32. The molecule has 1 aromatic heterocycles. The fraction of sp³-hybridized carbons (Fsp3) is 0.250. The summed E-state index contributed by atoms with van der Waals surface area (Å²) in [6, 6.07) is 5.09. The third kappa shape index (κ3) is 4.74. The summed E-state index contributed by atoms with van der Waals surface area (Å²) in [4.78, 5) is 12.1. The molecular formula is C16H16Cl3N3O2. The van der Waals surface area contributed by atoms with E-state index in [0.717, 1.165) is 15.9 Å². The Kier molecular flexibility index (Phi) is 6.69. The van der Waals surface area contributed by atoms with E-state index in [1.165, 1.54) is 6.20 Å². The molecule has 1 aromatic carbocycles. The van der Waals surface area contributed by atoms with Gasteiger partial charge in [-0.3, -0.25) is 4.79 Å². The minimum absolute atomic E-state index is 0.0837. The van der Waals surface area contributed by atoms with Gasteiger partial charge in [0.1, 0.15) is 5.02 Å². The molecule has 0 fully saturated rings. The van der Waals surface area contributed by atoms with E-state index in [2.05, 4.69) is 17.0 Å². The number of nitrogens with zero attached hydrogens (tertiary/aromatic N) is 2. The number of hydrogen-bond acceptors (Lipinski definition) is 4. The molecule has 0 atom stereocenters. The topological polar surface area (TPSA) is 56.1 Å². The number of halogens is 3. The van der Waals surface area contributed by atoms with Crippen molar-refractivity contribution in [2.24, 2.45) is 0 Å². The number of hydrogen-bond donors (Lipinski definition) is 1. The Labute approximate surface area is 154 Å². The molecule has 0 bridgehead atoms. The third-order valence-corrected chi connectivity index (χ3v) is 4.05. The largest absolute Gasteiger partial charge is 0.382 e. The highest BCUT2D eigenvalue weighted by atomic mass is 35.5. The molecule has 0 unspecified atom stereocenters. The van der Waals surface area contributed by atoms with Gasteiger partial charge in [-0.1, -0.05) is 47.0 Å².